The van der Waals surface area contributed by atoms with Crippen molar-refractivity contribution in [1.82, 2.24) is 24.1 Å². The average molecular weight is 436 g/mol. The number of hydrogen-bond acceptors (Lipinski definition) is 6. The van der Waals surface area contributed by atoms with E-state index in [0.29, 0.717) is 30.6 Å². The van der Waals surface area contributed by atoms with Crippen LogP contribution >= 0.6 is 11.8 Å². The molecule has 0 spiro atoms. The lowest BCUT2D eigenvalue weighted by molar-refractivity contribution is 0.415. The highest BCUT2D eigenvalue weighted by Crippen LogP contribution is 2.34. The Morgan fingerprint density at radius 2 is 1.93 bits per heavy atom. The summed E-state index contributed by atoms with van der Waals surface area (Å²) < 4.78 is 28.8. The van der Waals surface area contributed by atoms with E-state index in [9.17, 15) is 8.42 Å². The van der Waals surface area contributed by atoms with Gasteiger partial charge in [0.2, 0.25) is 10.0 Å². The standard InChI is InChI=1S/C20H29N5O2S2/c1-4-14-25-19(16-10-8-7-9-11-16)22-23-20(25)28-18-13-12-17(15-21-18)29(26,27)24(5-2)6-3/h4,12-13,15-16H,1,5-11,14H2,2-3H3. The van der Waals surface area contributed by atoms with Crippen LogP contribution in [0.3, 0.4) is 0 Å². The number of hydrogen-bond donors (Lipinski definition) is 0. The molecule has 0 bridgehead atoms. The molecule has 2 aromatic heterocycles. The van der Waals surface area contributed by atoms with E-state index < -0.39 is 10.0 Å². The summed E-state index contributed by atoms with van der Waals surface area (Å²) in [5, 5.41) is 10.3. The summed E-state index contributed by atoms with van der Waals surface area (Å²) in [6, 6.07) is 3.34. The van der Waals surface area contributed by atoms with Crippen molar-refractivity contribution in [2.24, 2.45) is 0 Å². The molecular weight excluding hydrogens is 406 g/mol. The molecular formula is C20H29N5O2S2. The fraction of sp³-hybridized carbons (Fsp3) is 0.550. The molecule has 29 heavy (non-hydrogen) atoms. The fourth-order valence-corrected chi connectivity index (χ4v) is 5.92. The molecule has 9 heteroatoms. The highest BCUT2D eigenvalue weighted by molar-refractivity contribution is 7.99. The maximum atomic E-state index is 12.6. The van der Waals surface area contributed by atoms with E-state index in [0.717, 1.165) is 23.8 Å². The minimum atomic E-state index is -3.50. The van der Waals surface area contributed by atoms with Crippen LogP contribution in [0.2, 0.25) is 0 Å². The predicted molar refractivity (Wildman–Crippen MR) is 115 cm³/mol. The van der Waals surface area contributed by atoms with Crippen LogP contribution in [0.5, 0.6) is 0 Å². The second-order valence-electron chi connectivity index (χ2n) is 7.10. The van der Waals surface area contributed by atoms with Gasteiger partial charge in [0.25, 0.3) is 0 Å². The Morgan fingerprint density at radius 1 is 1.21 bits per heavy atom. The SMILES string of the molecule is C=CCn1c(Sc2ccc(S(=O)(=O)N(CC)CC)cn2)nnc1C1CCCCC1. The van der Waals surface area contributed by atoms with Crippen LogP contribution in [0.15, 0.2) is 46.1 Å². The van der Waals surface area contributed by atoms with Gasteiger partial charge in [0.15, 0.2) is 5.16 Å². The first-order chi connectivity index (χ1) is 14.0. The van der Waals surface area contributed by atoms with E-state index in [1.807, 2.05) is 19.9 Å². The van der Waals surface area contributed by atoms with Crippen LogP contribution in [0.25, 0.3) is 0 Å². The maximum absolute atomic E-state index is 12.6. The predicted octanol–water partition coefficient (Wildman–Crippen LogP) is 4.09. The minimum Gasteiger partial charge on any atom is -0.302 e. The number of pyridine rings is 1. The largest absolute Gasteiger partial charge is 0.302 e. The lowest BCUT2D eigenvalue weighted by atomic mass is 9.89. The molecule has 0 unspecified atom stereocenters. The maximum Gasteiger partial charge on any atom is 0.244 e. The Labute approximate surface area is 177 Å². The van der Waals surface area contributed by atoms with E-state index in [2.05, 4.69) is 26.3 Å². The summed E-state index contributed by atoms with van der Waals surface area (Å²) in [6.07, 6.45) is 9.34. The van der Waals surface area contributed by atoms with Gasteiger partial charge in [-0.1, -0.05) is 39.2 Å². The Balaban J connectivity index is 1.81. The number of nitrogens with zero attached hydrogens (tertiary/aromatic N) is 5. The van der Waals surface area contributed by atoms with Crippen LogP contribution in [-0.4, -0.2) is 45.6 Å². The molecule has 1 saturated carbocycles. The second-order valence-corrected chi connectivity index (χ2v) is 10.0. The van der Waals surface area contributed by atoms with Gasteiger partial charge in [0.05, 0.1) is 0 Å². The van der Waals surface area contributed by atoms with Crippen LogP contribution in [0.4, 0.5) is 0 Å². The van der Waals surface area contributed by atoms with Crippen LogP contribution in [-0.2, 0) is 16.6 Å². The van der Waals surface area contributed by atoms with Crippen molar-refractivity contribution in [3.63, 3.8) is 0 Å². The Bertz CT molecular complexity index is 915. The molecule has 1 aliphatic carbocycles. The lowest BCUT2D eigenvalue weighted by Crippen LogP contribution is -2.30. The third-order valence-corrected chi connectivity index (χ3v) is 8.24. The zero-order chi connectivity index (χ0) is 20.9. The van der Waals surface area contributed by atoms with Crippen LogP contribution in [0.1, 0.15) is 57.7 Å². The van der Waals surface area contributed by atoms with Crippen molar-refractivity contribution in [3.05, 3.63) is 36.8 Å². The molecule has 0 N–H and O–H groups in total. The van der Waals surface area contributed by atoms with E-state index in [-0.39, 0.29) is 4.90 Å². The summed E-state index contributed by atoms with van der Waals surface area (Å²) in [6.45, 7) is 9.04. The molecule has 1 aliphatic rings. The molecule has 2 aromatic rings. The first-order valence-electron chi connectivity index (χ1n) is 10.2. The fourth-order valence-electron chi connectivity index (χ4n) is 3.72. The smallest absolute Gasteiger partial charge is 0.244 e. The van der Waals surface area contributed by atoms with Crippen molar-refractivity contribution in [2.45, 2.75) is 73.5 Å². The first-order valence-corrected chi connectivity index (χ1v) is 12.4. The van der Waals surface area contributed by atoms with Crippen molar-refractivity contribution in [1.29, 1.82) is 0 Å². The summed E-state index contributed by atoms with van der Waals surface area (Å²) in [7, 11) is -3.50. The van der Waals surface area contributed by atoms with Gasteiger partial charge in [-0.25, -0.2) is 13.4 Å². The second kappa shape index (κ2) is 9.86. The molecule has 7 nitrogen and oxygen atoms in total. The van der Waals surface area contributed by atoms with Crippen LogP contribution < -0.4 is 0 Å². The average Bonchev–Trinajstić information content (AvgIpc) is 3.12. The monoisotopic (exact) mass is 435 g/mol. The first kappa shape index (κ1) is 22.0. The Morgan fingerprint density at radius 3 is 2.52 bits per heavy atom. The van der Waals surface area contributed by atoms with Gasteiger partial charge in [-0.3, -0.25) is 0 Å². The molecule has 0 aliphatic heterocycles. The molecule has 2 heterocycles. The number of allylic oxidation sites excluding steroid dienone is 1. The summed E-state index contributed by atoms with van der Waals surface area (Å²) in [4.78, 5) is 4.57. The van der Waals surface area contributed by atoms with Gasteiger partial charge in [-0.05, 0) is 36.7 Å². The van der Waals surface area contributed by atoms with Crippen molar-refractivity contribution in [3.8, 4) is 0 Å². The van der Waals surface area contributed by atoms with Gasteiger partial charge < -0.3 is 4.57 Å². The zero-order valence-corrected chi connectivity index (χ0v) is 18.8. The summed E-state index contributed by atoms with van der Waals surface area (Å²) >= 11 is 1.40. The summed E-state index contributed by atoms with van der Waals surface area (Å²) in [5.74, 6) is 1.47. The highest BCUT2D eigenvalue weighted by atomic mass is 32.2. The quantitative estimate of drug-likeness (QED) is 0.552. The minimum absolute atomic E-state index is 0.209. The van der Waals surface area contributed by atoms with Gasteiger partial charge in [0, 0.05) is 31.7 Å². The normalized spacial score (nSPS) is 15.7. The van der Waals surface area contributed by atoms with E-state index in [1.54, 1.807) is 12.1 Å². The Kier molecular flexibility index (Phi) is 7.48. The molecule has 0 amide bonds. The third kappa shape index (κ3) is 4.90. The van der Waals surface area contributed by atoms with Crippen LogP contribution in [0, 0.1) is 0 Å². The van der Waals surface area contributed by atoms with Crippen molar-refractivity contribution >= 4 is 21.8 Å². The van der Waals surface area contributed by atoms with E-state index >= 15 is 0 Å². The number of sulfonamides is 1. The topological polar surface area (TPSA) is 81.0 Å². The Hall–Kier alpha value is -1.71. The van der Waals surface area contributed by atoms with E-state index in [1.165, 1.54) is 41.5 Å². The van der Waals surface area contributed by atoms with E-state index in [4.69, 9.17) is 0 Å². The van der Waals surface area contributed by atoms with Gasteiger partial charge in [-0.15, -0.1) is 16.8 Å². The van der Waals surface area contributed by atoms with Gasteiger partial charge in [0.1, 0.15) is 15.7 Å². The van der Waals surface area contributed by atoms with Crippen molar-refractivity contribution in [2.75, 3.05) is 13.1 Å². The molecule has 158 valence electrons. The van der Waals surface area contributed by atoms with Gasteiger partial charge in [-0.2, -0.15) is 4.31 Å². The number of aromatic nitrogens is 4. The molecule has 0 aromatic carbocycles. The molecule has 0 radical (unpaired) electrons. The zero-order valence-electron chi connectivity index (χ0n) is 17.1. The molecule has 0 atom stereocenters. The van der Waals surface area contributed by atoms with Crippen molar-refractivity contribution < 1.29 is 8.42 Å². The third-order valence-electron chi connectivity index (χ3n) is 5.28. The lowest BCUT2D eigenvalue weighted by Gasteiger charge is -2.21. The highest BCUT2D eigenvalue weighted by Gasteiger charge is 2.24. The molecule has 0 saturated heterocycles. The van der Waals surface area contributed by atoms with Gasteiger partial charge >= 0.3 is 0 Å². The molecule has 3 rings (SSSR count). The summed E-state index contributed by atoms with van der Waals surface area (Å²) in [5.41, 5.74) is 0. The number of rotatable bonds is 9. The molecule has 1 fully saturated rings.